The zero-order valence-electron chi connectivity index (χ0n) is 9.71. The monoisotopic (exact) mass is 367 g/mol. The van der Waals surface area contributed by atoms with E-state index in [1.54, 1.807) is 6.07 Å². The van der Waals surface area contributed by atoms with Crippen LogP contribution >= 0.6 is 27.5 Å². The molecule has 0 spiro atoms. The molecule has 1 fully saturated rings. The Morgan fingerprint density at radius 3 is 2.89 bits per heavy atom. The summed E-state index contributed by atoms with van der Waals surface area (Å²) in [6.07, 6.45) is 1.60. The predicted octanol–water partition coefficient (Wildman–Crippen LogP) is 1.14. The lowest BCUT2D eigenvalue weighted by atomic mass is 10.1. The predicted molar refractivity (Wildman–Crippen MR) is 75.4 cm³/mol. The first-order valence-corrected chi connectivity index (χ1v) is 8.27. The van der Waals surface area contributed by atoms with Crippen LogP contribution in [0.3, 0.4) is 0 Å². The number of anilines is 1. The van der Waals surface area contributed by atoms with E-state index in [2.05, 4.69) is 20.9 Å². The fourth-order valence-corrected chi connectivity index (χ4v) is 3.52. The molecule has 1 unspecified atom stereocenters. The summed E-state index contributed by atoms with van der Waals surface area (Å²) < 4.78 is 22.6. The van der Waals surface area contributed by atoms with E-state index in [9.17, 15) is 13.2 Å². The zero-order chi connectivity index (χ0) is 14.2. The Morgan fingerprint density at radius 2 is 2.26 bits per heavy atom. The van der Waals surface area contributed by atoms with E-state index >= 15 is 0 Å². The zero-order valence-corrected chi connectivity index (χ0v) is 12.9. The molecule has 1 amide bonds. The number of halogens is 2. The van der Waals surface area contributed by atoms with E-state index in [-0.39, 0.29) is 30.5 Å². The number of carbonyl (C=O) groups excluding carboxylic acids is 1. The Bertz CT molecular complexity index is 622. The van der Waals surface area contributed by atoms with Crippen LogP contribution < -0.4 is 10.0 Å². The van der Waals surface area contributed by atoms with E-state index in [1.165, 1.54) is 11.1 Å². The Morgan fingerprint density at radius 1 is 1.58 bits per heavy atom. The molecule has 2 rings (SSSR count). The summed E-state index contributed by atoms with van der Waals surface area (Å²) >= 11 is 9.09. The van der Waals surface area contributed by atoms with Crippen molar-refractivity contribution in [3.8, 4) is 0 Å². The topological polar surface area (TPSA) is 93.4 Å². The van der Waals surface area contributed by atoms with Gasteiger partial charge < -0.3 is 4.90 Å². The molecular weight excluding hydrogens is 358 g/mol. The van der Waals surface area contributed by atoms with Crippen LogP contribution in [-0.4, -0.2) is 31.6 Å². The van der Waals surface area contributed by atoms with Gasteiger partial charge in [0.25, 0.3) is 0 Å². The average molecular weight is 369 g/mol. The summed E-state index contributed by atoms with van der Waals surface area (Å²) in [5.74, 6) is -0.687. The molecule has 1 aromatic rings. The maximum Gasteiger partial charge on any atom is 0.227 e. The largest absolute Gasteiger partial charge is 0.309 e. The number of hydrogen-bond donors (Lipinski definition) is 1. The van der Waals surface area contributed by atoms with Crippen LogP contribution in [0.2, 0.25) is 5.02 Å². The number of hydrogen-bond acceptors (Lipinski definition) is 4. The van der Waals surface area contributed by atoms with Gasteiger partial charge in [-0.2, -0.15) is 0 Å². The van der Waals surface area contributed by atoms with Gasteiger partial charge >= 0.3 is 0 Å². The molecule has 1 aromatic heterocycles. The first-order chi connectivity index (χ1) is 8.76. The second-order valence-corrected chi connectivity index (χ2v) is 7.21. The highest BCUT2D eigenvalue weighted by atomic mass is 79.9. The number of amides is 1. The molecule has 1 aliphatic heterocycles. The quantitative estimate of drug-likeness (QED) is 0.810. The summed E-state index contributed by atoms with van der Waals surface area (Å²) in [6.45, 7) is 0.288. The summed E-state index contributed by atoms with van der Waals surface area (Å²) in [4.78, 5) is 17.4. The smallest absolute Gasteiger partial charge is 0.227 e. The second-order valence-electron chi connectivity index (χ2n) is 4.37. The van der Waals surface area contributed by atoms with E-state index in [0.29, 0.717) is 15.3 Å². The van der Waals surface area contributed by atoms with Crippen LogP contribution in [-0.2, 0) is 14.8 Å². The fourth-order valence-electron chi connectivity index (χ4n) is 2.06. The average Bonchev–Trinajstić information content (AvgIpc) is 2.60. The van der Waals surface area contributed by atoms with Gasteiger partial charge in [-0.05, 0) is 22.0 Å². The van der Waals surface area contributed by atoms with Gasteiger partial charge in [-0.25, -0.2) is 18.5 Å². The number of nitrogens with zero attached hydrogens (tertiary/aromatic N) is 2. The van der Waals surface area contributed by atoms with Gasteiger partial charge in [0, 0.05) is 25.1 Å². The van der Waals surface area contributed by atoms with Gasteiger partial charge in [0.15, 0.2) is 0 Å². The molecule has 1 saturated heterocycles. The molecular formula is C10H11BrClN3O3S. The number of pyridine rings is 1. The first-order valence-electron chi connectivity index (χ1n) is 5.38. The van der Waals surface area contributed by atoms with Gasteiger partial charge in [-0.1, -0.05) is 11.6 Å². The molecule has 2 heterocycles. The van der Waals surface area contributed by atoms with Crippen molar-refractivity contribution >= 4 is 49.1 Å². The minimum absolute atomic E-state index is 0.148. The van der Waals surface area contributed by atoms with E-state index in [1.807, 2.05) is 0 Å². The number of rotatable bonds is 3. The lowest BCUT2D eigenvalue weighted by molar-refractivity contribution is -0.117. The highest BCUT2D eigenvalue weighted by Gasteiger charge is 2.33. The van der Waals surface area contributed by atoms with Crippen molar-refractivity contribution in [1.29, 1.82) is 0 Å². The number of primary sulfonamides is 1. The number of nitrogens with two attached hydrogens (primary N) is 1. The summed E-state index contributed by atoms with van der Waals surface area (Å²) in [7, 11) is -3.59. The normalized spacial score (nSPS) is 20.1. The molecule has 19 heavy (non-hydrogen) atoms. The minimum atomic E-state index is -3.59. The highest BCUT2D eigenvalue weighted by molar-refractivity contribution is 9.10. The summed E-state index contributed by atoms with van der Waals surface area (Å²) in [5, 5.41) is 5.40. The summed E-state index contributed by atoms with van der Waals surface area (Å²) in [5.41, 5.74) is 0.536. The molecule has 104 valence electrons. The highest BCUT2D eigenvalue weighted by Crippen LogP contribution is 2.32. The van der Waals surface area contributed by atoms with Crippen LogP contribution in [0.4, 0.5) is 5.69 Å². The molecule has 0 aliphatic carbocycles. The van der Waals surface area contributed by atoms with E-state index < -0.39 is 10.0 Å². The van der Waals surface area contributed by atoms with Crippen molar-refractivity contribution in [2.24, 2.45) is 11.1 Å². The standard InChI is InChI=1S/C10H11BrClN3O3S/c11-10-8(2-7(12)3-14-10)15-4-6(1-9(15)16)5-19(13,17)18/h2-3,6H,1,4-5H2,(H2,13,17,18). The number of aromatic nitrogens is 1. The van der Waals surface area contributed by atoms with Crippen molar-refractivity contribution < 1.29 is 13.2 Å². The van der Waals surface area contributed by atoms with Crippen LogP contribution in [0.1, 0.15) is 6.42 Å². The van der Waals surface area contributed by atoms with Crippen molar-refractivity contribution in [3.63, 3.8) is 0 Å². The Balaban J connectivity index is 2.23. The van der Waals surface area contributed by atoms with E-state index in [4.69, 9.17) is 16.7 Å². The van der Waals surface area contributed by atoms with Gasteiger partial charge in [0.1, 0.15) is 4.60 Å². The number of sulfonamides is 1. The molecule has 9 heteroatoms. The van der Waals surface area contributed by atoms with Crippen LogP contribution in [0.25, 0.3) is 0 Å². The Kier molecular flexibility index (Phi) is 4.14. The lowest BCUT2D eigenvalue weighted by Crippen LogP contribution is -2.27. The van der Waals surface area contributed by atoms with Crippen LogP contribution in [0, 0.1) is 5.92 Å². The first kappa shape index (κ1) is 14.7. The fraction of sp³-hybridized carbons (Fsp3) is 0.400. The molecule has 0 saturated carbocycles. The Hall–Kier alpha value is -0.700. The van der Waals surface area contributed by atoms with Crippen molar-refractivity contribution in [2.45, 2.75) is 6.42 Å². The molecule has 0 aromatic carbocycles. The molecule has 0 radical (unpaired) electrons. The lowest BCUT2D eigenvalue weighted by Gasteiger charge is -2.17. The second kappa shape index (κ2) is 5.35. The molecule has 1 atom stereocenters. The number of carbonyl (C=O) groups is 1. The van der Waals surface area contributed by atoms with Gasteiger partial charge in [0.05, 0.1) is 16.5 Å². The van der Waals surface area contributed by atoms with Crippen LogP contribution in [0.15, 0.2) is 16.9 Å². The third-order valence-corrected chi connectivity index (χ3v) is 4.50. The van der Waals surface area contributed by atoms with E-state index in [0.717, 1.165) is 0 Å². The molecule has 6 nitrogen and oxygen atoms in total. The van der Waals surface area contributed by atoms with Crippen molar-refractivity contribution in [2.75, 3.05) is 17.2 Å². The van der Waals surface area contributed by atoms with Gasteiger partial charge in [0.2, 0.25) is 15.9 Å². The van der Waals surface area contributed by atoms with Gasteiger partial charge in [-0.15, -0.1) is 0 Å². The minimum Gasteiger partial charge on any atom is -0.309 e. The maximum absolute atomic E-state index is 11.9. The van der Waals surface area contributed by atoms with Crippen LogP contribution in [0.5, 0.6) is 0 Å². The van der Waals surface area contributed by atoms with Crippen molar-refractivity contribution in [1.82, 2.24) is 4.98 Å². The van der Waals surface area contributed by atoms with Gasteiger partial charge in [-0.3, -0.25) is 4.79 Å². The SMILES string of the molecule is NS(=O)(=O)CC1CC(=O)N(c2cc(Cl)cnc2Br)C1. The Labute approximate surface area is 124 Å². The summed E-state index contributed by atoms with van der Waals surface area (Å²) in [6, 6.07) is 1.61. The maximum atomic E-state index is 11.9. The third-order valence-electron chi connectivity index (χ3n) is 2.75. The third kappa shape index (κ3) is 3.65. The molecule has 0 bridgehead atoms. The molecule has 2 N–H and O–H groups in total. The molecule has 1 aliphatic rings. The van der Waals surface area contributed by atoms with Crippen molar-refractivity contribution in [3.05, 3.63) is 21.9 Å².